The topological polar surface area (TPSA) is 97.1 Å². The number of nitrogens with zero attached hydrogens (tertiary/aromatic N) is 1. The minimum atomic E-state index is -0.213. The van der Waals surface area contributed by atoms with Crippen LogP contribution in [0.1, 0.15) is 28.8 Å². The molecule has 2 rings (SSSR count). The molecule has 0 radical (unpaired) electrons. The summed E-state index contributed by atoms with van der Waals surface area (Å²) in [5.74, 6) is 5.35. The van der Waals surface area contributed by atoms with Crippen LogP contribution in [0.25, 0.3) is 0 Å². The van der Waals surface area contributed by atoms with Crippen LogP contribution in [0.4, 0.5) is 0 Å². The third kappa shape index (κ3) is 3.56. The van der Waals surface area contributed by atoms with Crippen molar-refractivity contribution in [1.82, 2.24) is 15.6 Å². The SMILES string of the molecule is NCC#Cc1cnccc1C(=O)NC1CCC(=O)NC1. The number of pyridine rings is 1. The molecule has 0 saturated carbocycles. The lowest BCUT2D eigenvalue weighted by molar-refractivity contribution is -0.122. The van der Waals surface area contributed by atoms with E-state index in [0.717, 1.165) is 0 Å². The van der Waals surface area contributed by atoms with Gasteiger partial charge in [0.15, 0.2) is 0 Å². The Balaban J connectivity index is 2.07. The van der Waals surface area contributed by atoms with Crippen molar-refractivity contribution < 1.29 is 9.59 Å². The highest BCUT2D eigenvalue weighted by molar-refractivity contribution is 5.96. The van der Waals surface area contributed by atoms with Crippen molar-refractivity contribution in [2.24, 2.45) is 5.73 Å². The molecule has 0 bridgehead atoms. The lowest BCUT2D eigenvalue weighted by atomic mass is 10.1. The van der Waals surface area contributed by atoms with Crippen LogP contribution in [-0.2, 0) is 4.79 Å². The van der Waals surface area contributed by atoms with E-state index in [2.05, 4.69) is 27.5 Å². The zero-order valence-corrected chi connectivity index (χ0v) is 11.0. The molecule has 1 aliphatic heterocycles. The number of carbonyl (C=O) groups excluding carboxylic acids is 2. The number of carbonyl (C=O) groups is 2. The molecule has 1 aromatic rings. The zero-order valence-electron chi connectivity index (χ0n) is 11.0. The van der Waals surface area contributed by atoms with Crippen molar-refractivity contribution in [2.45, 2.75) is 18.9 Å². The van der Waals surface area contributed by atoms with E-state index >= 15 is 0 Å². The van der Waals surface area contributed by atoms with Gasteiger partial charge in [-0.3, -0.25) is 14.6 Å². The fraction of sp³-hybridized carbons (Fsp3) is 0.357. The number of hydrogen-bond acceptors (Lipinski definition) is 4. The quantitative estimate of drug-likeness (QED) is 0.626. The van der Waals surface area contributed by atoms with Crippen molar-refractivity contribution in [3.63, 3.8) is 0 Å². The fourth-order valence-electron chi connectivity index (χ4n) is 1.96. The first-order valence-electron chi connectivity index (χ1n) is 6.41. The predicted molar refractivity (Wildman–Crippen MR) is 73.7 cm³/mol. The number of hydrogen-bond donors (Lipinski definition) is 3. The van der Waals surface area contributed by atoms with Gasteiger partial charge < -0.3 is 16.4 Å². The van der Waals surface area contributed by atoms with Gasteiger partial charge in [-0.25, -0.2) is 0 Å². The summed E-state index contributed by atoms with van der Waals surface area (Å²) < 4.78 is 0. The van der Waals surface area contributed by atoms with E-state index in [1.54, 1.807) is 18.5 Å². The van der Waals surface area contributed by atoms with Crippen molar-refractivity contribution in [2.75, 3.05) is 13.1 Å². The summed E-state index contributed by atoms with van der Waals surface area (Å²) in [7, 11) is 0. The first-order valence-corrected chi connectivity index (χ1v) is 6.41. The number of rotatable bonds is 2. The molecule has 104 valence electrons. The van der Waals surface area contributed by atoms with Crippen molar-refractivity contribution >= 4 is 11.8 Å². The van der Waals surface area contributed by atoms with E-state index in [9.17, 15) is 9.59 Å². The second-order valence-electron chi connectivity index (χ2n) is 4.44. The van der Waals surface area contributed by atoms with Gasteiger partial charge in [0, 0.05) is 31.4 Å². The predicted octanol–water partition coefficient (Wildman–Crippen LogP) is -0.600. The molecular weight excluding hydrogens is 256 g/mol. The van der Waals surface area contributed by atoms with Crippen LogP contribution in [-0.4, -0.2) is 35.9 Å². The number of amides is 2. The Morgan fingerprint density at radius 2 is 2.45 bits per heavy atom. The van der Waals surface area contributed by atoms with Crippen LogP contribution in [0.5, 0.6) is 0 Å². The second kappa shape index (κ2) is 6.68. The van der Waals surface area contributed by atoms with E-state index in [0.29, 0.717) is 30.5 Å². The van der Waals surface area contributed by atoms with Gasteiger partial charge in [0.25, 0.3) is 5.91 Å². The molecule has 4 N–H and O–H groups in total. The normalized spacial score (nSPS) is 17.6. The Morgan fingerprint density at radius 3 is 3.15 bits per heavy atom. The fourth-order valence-corrected chi connectivity index (χ4v) is 1.96. The average molecular weight is 272 g/mol. The van der Waals surface area contributed by atoms with Crippen molar-refractivity contribution in [3.05, 3.63) is 29.6 Å². The Labute approximate surface area is 117 Å². The van der Waals surface area contributed by atoms with Crippen LogP contribution in [0, 0.1) is 11.8 Å². The minimum absolute atomic E-state index is 0.0221. The summed E-state index contributed by atoms with van der Waals surface area (Å²) in [5.41, 5.74) is 6.35. The van der Waals surface area contributed by atoms with Gasteiger partial charge in [-0.1, -0.05) is 11.8 Å². The molecule has 2 heterocycles. The van der Waals surface area contributed by atoms with Crippen LogP contribution in [0.15, 0.2) is 18.5 Å². The van der Waals surface area contributed by atoms with Gasteiger partial charge in [-0.2, -0.15) is 0 Å². The number of nitrogens with one attached hydrogen (secondary N) is 2. The molecule has 0 spiro atoms. The first-order chi connectivity index (χ1) is 9.70. The number of piperidine rings is 1. The Bertz CT molecular complexity index is 564. The van der Waals surface area contributed by atoms with E-state index < -0.39 is 0 Å². The van der Waals surface area contributed by atoms with E-state index in [4.69, 9.17) is 5.73 Å². The minimum Gasteiger partial charge on any atom is -0.354 e. The maximum absolute atomic E-state index is 12.2. The smallest absolute Gasteiger partial charge is 0.252 e. The average Bonchev–Trinajstić information content (AvgIpc) is 2.47. The van der Waals surface area contributed by atoms with E-state index in [1.807, 2.05) is 0 Å². The third-order valence-corrected chi connectivity index (χ3v) is 2.99. The maximum atomic E-state index is 12.2. The Kier molecular flexibility index (Phi) is 4.69. The van der Waals surface area contributed by atoms with Crippen molar-refractivity contribution in [1.29, 1.82) is 0 Å². The molecule has 0 aromatic carbocycles. The number of aromatic nitrogens is 1. The van der Waals surface area contributed by atoms with Gasteiger partial charge in [0.2, 0.25) is 5.91 Å². The molecule has 1 saturated heterocycles. The van der Waals surface area contributed by atoms with Gasteiger partial charge in [-0.15, -0.1) is 0 Å². The van der Waals surface area contributed by atoms with Crippen molar-refractivity contribution in [3.8, 4) is 11.8 Å². The van der Waals surface area contributed by atoms with Gasteiger partial charge in [-0.05, 0) is 12.5 Å². The Hall–Kier alpha value is -2.39. The lowest BCUT2D eigenvalue weighted by Crippen LogP contribution is -2.47. The van der Waals surface area contributed by atoms with E-state index in [-0.39, 0.29) is 24.4 Å². The van der Waals surface area contributed by atoms with E-state index in [1.165, 1.54) is 0 Å². The lowest BCUT2D eigenvalue weighted by Gasteiger charge is -2.23. The monoisotopic (exact) mass is 272 g/mol. The summed E-state index contributed by atoms with van der Waals surface area (Å²) >= 11 is 0. The Morgan fingerprint density at radius 1 is 1.60 bits per heavy atom. The largest absolute Gasteiger partial charge is 0.354 e. The highest BCUT2D eigenvalue weighted by Crippen LogP contribution is 2.08. The molecule has 0 aliphatic carbocycles. The summed E-state index contributed by atoms with van der Waals surface area (Å²) in [6, 6.07) is 1.57. The maximum Gasteiger partial charge on any atom is 0.252 e. The molecule has 2 amide bonds. The highest BCUT2D eigenvalue weighted by atomic mass is 16.2. The standard InChI is InChI=1S/C14H16N4O2/c15-6-1-2-10-8-16-7-5-12(10)14(20)18-11-3-4-13(19)17-9-11/h5,7-8,11H,3-4,6,9,15H2,(H,17,19)(H,18,20). The molecule has 6 nitrogen and oxygen atoms in total. The van der Waals surface area contributed by atoms with Gasteiger partial charge in [0.05, 0.1) is 17.7 Å². The zero-order chi connectivity index (χ0) is 14.4. The first kappa shape index (κ1) is 14.0. The molecule has 20 heavy (non-hydrogen) atoms. The summed E-state index contributed by atoms with van der Waals surface area (Å²) in [6.45, 7) is 0.685. The van der Waals surface area contributed by atoms with Crippen LogP contribution in [0.3, 0.4) is 0 Å². The molecule has 1 aromatic heterocycles. The molecule has 1 atom stereocenters. The number of nitrogens with two attached hydrogens (primary N) is 1. The summed E-state index contributed by atoms with van der Waals surface area (Å²) in [5, 5.41) is 5.62. The summed E-state index contributed by atoms with van der Waals surface area (Å²) in [6.07, 6.45) is 4.17. The molecule has 1 aliphatic rings. The second-order valence-corrected chi connectivity index (χ2v) is 4.44. The molecule has 6 heteroatoms. The van der Waals surface area contributed by atoms with Gasteiger partial charge >= 0.3 is 0 Å². The van der Waals surface area contributed by atoms with Crippen LogP contribution in [0.2, 0.25) is 0 Å². The molecular formula is C14H16N4O2. The molecule has 1 unspecified atom stereocenters. The van der Waals surface area contributed by atoms with Gasteiger partial charge in [0.1, 0.15) is 0 Å². The highest BCUT2D eigenvalue weighted by Gasteiger charge is 2.21. The third-order valence-electron chi connectivity index (χ3n) is 2.99. The van der Waals surface area contributed by atoms with Crippen LogP contribution < -0.4 is 16.4 Å². The molecule has 1 fully saturated rings. The van der Waals surface area contributed by atoms with Crippen LogP contribution >= 0.6 is 0 Å². The summed E-state index contributed by atoms with van der Waals surface area (Å²) in [4.78, 5) is 27.3.